The summed E-state index contributed by atoms with van der Waals surface area (Å²) < 4.78 is 26.3. The highest BCUT2D eigenvalue weighted by Crippen LogP contribution is 2.17. The van der Waals surface area contributed by atoms with Gasteiger partial charge >= 0.3 is 5.97 Å². The topological polar surface area (TPSA) is 96.7 Å². The number of aliphatic carboxylic acids is 1. The van der Waals surface area contributed by atoms with E-state index in [-0.39, 0.29) is 22.9 Å². The first kappa shape index (κ1) is 19.7. The van der Waals surface area contributed by atoms with Gasteiger partial charge in [0.15, 0.2) is 0 Å². The van der Waals surface area contributed by atoms with Crippen LogP contribution in [0.3, 0.4) is 0 Å². The summed E-state index contributed by atoms with van der Waals surface area (Å²) in [5.41, 5.74) is 1.06. The van der Waals surface area contributed by atoms with Crippen LogP contribution in [0.5, 0.6) is 0 Å². The van der Waals surface area contributed by atoms with Crippen LogP contribution in [0.2, 0.25) is 0 Å². The van der Waals surface area contributed by atoms with Gasteiger partial charge in [0.25, 0.3) is 15.9 Å². The van der Waals surface area contributed by atoms with Gasteiger partial charge in [0.2, 0.25) is 0 Å². The second-order valence-electron chi connectivity index (χ2n) is 6.52. The average molecular weight is 378 g/mol. The smallest absolute Gasteiger partial charge is 0.323 e. The second-order valence-corrected chi connectivity index (χ2v) is 8.36. The van der Waals surface area contributed by atoms with Gasteiger partial charge in [-0.05, 0) is 31.0 Å². The first-order chi connectivity index (χ1) is 12.1. The fraction of sp³-hybridized carbons (Fsp3) is 0.333. The third-order valence-corrected chi connectivity index (χ3v) is 5.36. The molecule has 0 radical (unpaired) electrons. The van der Waals surface area contributed by atoms with Crippen molar-refractivity contribution in [3.05, 3.63) is 53.9 Å². The monoisotopic (exact) mass is 378 g/mol. The number of nitrogens with zero attached hydrogens (tertiary/aromatic N) is 2. The highest BCUT2D eigenvalue weighted by Gasteiger charge is 2.23. The Labute approximate surface area is 152 Å². The molecule has 0 aliphatic rings. The third-order valence-electron chi connectivity index (χ3n) is 3.71. The third kappa shape index (κ3) is 4.51. The quantitative estimate of drug-likeness (QED) is 0.797. The Balaban J connectivity index is 2.31. The molecule has 1 heterocycles. The summed E-state index contributed by atoms with van der Waals surface area (Å²) in [6.07, 6.45) is 2.50. The van der Waals surface area contributed by atoms with Gasteiger partial charge in [0, 0.05) is 18.9 Å². The molecule has 0 unspecified atom stereocenters. The normalized spacial score (nSPS) is 11.5. The minimum Gasteiger partial charge on any atom is -0.480 e. The van der Waals surface area contributed by atoms with E-state index >= 15 is 0 Å². The van der Waals surface area contributed by atoms with Crippen molar-refractivity contribution in [2.75, 3.05) is 13.1 Å². The molecule has 0 spiro atoms. The maximum absolute atomic E-state index is 12.7. The largest absolute Gasteiger partial charge is 0.480 e. The van der Waals surface area contributed by atoms with Crippen molar-refractivity contribution in [3.8, 4) is 0 Å². The number of hydrogen-bond donors (Lipinski definition) is 1. The molecule has 1 aromatic carbocycles. The first-order valence-electron chi connectivity index (χ1n) is 8.12. The Morgan fingerprint density at radius 2 is 1.77 bits per heavy atom. The molecular formula is C18H22N2O5S. The number of amides is 1. The van der Waals surface area contributed by atoms with Gasteiger partial charge in [-0.15, -0.1) is 0 Å². The van der Waals surface area contributed by atoms with Crippen LogP contribution < -0.4 is 0 Å². The van der Waals surface area contributed by atoms with Gasteiger partial charge in [-0.25, -0.2) is 12.4 Å². The molecule has 1 amide bonds. The average Bonchev–Trinajstić information content (AvgIpc) is 3.03. The fourth-order valence-corrected chi connectivity index (χ4v) is 3.69. The molecule has 1 N–H and O–H groups in total. The Bertz CT molecular complexity index is 898. The summed E-state index contributed by atoms with van der Waals surface area (Å²) in [5.74, 6) is -1.55. The molecule has 7 nitrogen and oxygen atoms in total. The molecule has 0 fully saturated rings. The van der Waals surface area contributed by atoms with Gasteiger partial charge < -0.3 is 10.0 Å². The van der Waals surface area contributed by atoms with Crippen LogP contribution in [-0.2, 0) is 14.8 Å². The summed E-state index contributed by atoms with van der Waals surface area (Å²) >= 11 is 0. The zero-order chi connectivity index (χ0) is 19.5. The Morgan fingerprint density at radius 1 is 1.15 bits per heavy atom. The van der Waals surface area contributed by atoms with Crippen LogP contribution in [0.1, 0.15) is 29.8 Å². The minimum atomic E-state index is -3.81. The number of aryl methyl sites for hydroxylation is 1. The van der Waals surface area contributed by atoms with Crippen molar-refractivity contribution >= 4 is 21.9 Å². The van der Waals surface area contributed by atoms with Crippen LogP contribution in [0, 0.1) is 12.8 Å². The van der Waals surface area contributed by atoms with Crippen molar-refractivity contribution in [1.29, 1.82) is 0 Å². The lowest BCUT2D eigenvalue weighted by Crippen LogP contribution is -2.38. The predicted octanol–water partition coefficient (Wildman–Crippen LogP) is 2.22. The molecule has 0 bridgehead atoms. The molecule has 0 saturated heterocycles. The van der Waals surface area contributed by atoms with Gasteiger partial charge in [-0.1, -0.05) is 31.5 Å². The number of carbonyl (C=O) groups excluding carboxylic acids is 1. The lowest BCUT2D eigenvalue weighted by atomic mass is 10.2. The molecule has 0 aliphatic carbocycles. The number of hydrogen-bond acceptors (Lipinski definition) is 4. The molecule has 0 atom stereocenters. The van der Waals surface area contributed by atoms with E-state index in [0.717, 1.165) is 9.54 Å². The first-order valence-corrected chi connectivity index (χ1v) is 9.56. The van der Waals surface area contributed by atoms with Crippen LogP contribution >= 0.6 is 0 Å². The maximum Gasteiger partial charge on any atom is 0.323 e. The minimum absolute atomic E-state index is 0.0803. The Kier molecular flexibility index (Phi) is 5.86. The number of carboxylic acid groups (broad SMARTS) is 1. The van der Waals surface area contributed by atoms with E-state index in [2.05, 4.69) is 0 Å². The van der Waals surface area contributed by atoms with E-state index in [1.807, 2.05) is 20.8 Å². The van der Waals surface area contributed by atoms with Crippen molar-refractivity contribution in [1.82, 2.24) is 8.87 Å². The van der Waals surface area contributed by atoms with E-state index in [0.29, 0.717) is 0 Å². The molecule has 0 aliphatic heterocycles. The zero-order valence-corrected chi connectivity index (χ0v) is 15.7. The fourth-order valence-electron chi connectivity index (χ4n) is 2.49. The van der Waals surface area contributed by atoms with Crippen LogP contribution in [-0.4, -0.2) is 47.4 Å². The lowest BCUT2D eigenvalue weighted by Gasteiger charge is -2.22. The lowest BCUT2D eigenvalue weighted by molar-refractivity contribution is -0.137. The van der Waals surface area contributed by atoms with Crippen molar-refractivity contribution < 1.29 is 23.1 Å². The molecule has 8 heteroatoms. The predicted molar refractivity (Wildman–Crippen MR) is 96.6 cm³/mol. The summed E-state index contributed by atoms with van der Waals surface area (Å²) in [7, 11) is -3.81. The van der Waals surface area contributed by atoms with Gasteiger partial charge in [-0.3, -0.25) is 9.59 Å². The summed E-state index contributed by atoms with van der Waals surface area (Å²) in [6, 6.07) is 7.77. The van der Waals surface area contributed by atoms with E-state index in [1.54, 1.807) is 12.1 Å². The van der Waals surface area contributed by atoms with Gasteiger partial charge in [0.05, 0.1) is 10.5 Å². The highest BCUT2D eigenvalue weighted by molar-refractivity contribution is 7.90. The number of benzene rings is 1. The SMILES string of the molecule is Cc1ccc(S(=O)(=O)n2ccc(C(=O)N(CC(=O)O)CC(C)C)c2)cc1. The summed E-state index contributed by atoms with van der Waals surface area (Å²) in [4.78, 5) is 24.9. The number of carboxylic acids is 1. The second kappa shape index (κ2) is 7.74. The van der Waals surface area contributed by atoms with E-state index < -0.39 is 28.4 Å². The van der Waals surface area contributed by atoms with Crippen LogP contribution in [0.4, 0.5) is 0 Å². The zero-order valence-electron chi connectivity index (χ0n) is 14.9. The summed E-state index contributed by atoms with van der Waals surface area (Å²) in [5, 5.41) is 9.00. The molecule has 1 aromatic heterocycles. The molecule has 2 rings (SSSR count). The van der Waals surface area contributed by atoms with E-state index in [1.165, 1.54) is 35.5 Å². The number of carbonyl (C=O) groups is 2. The molecule has 0 saturated carbocycles. The van der Waals surface area contributed by atoms with E-state index in [9.17, 15) is 18.0 Å². The summed E-state index contributed by atoms with van der Waals surface area (Å²) in [6.45, 7) is 5.42. The molecular weight excluding hydrogens is 356 g/mol. The maximum atomic E-state index is 12.7. The van der Waals surface area contributed by atoms with E-state index in [4.69, 9.17) is 5.11 Å². The standard InChI is InChI=1S/C18H22N2O5S/c1-13(2)10-19(12-17(21)22)18(23)15-8-9-20(11-15)26(24,25)16-6-4-14(3)5-7-16/h4-9,11,13H,10,12H2,1-3H3,(H,21,22). The van der Waals surface area contributed by atoms with Crippen LogP contribution in [0.15, 0.2) is 47.6 Å². The Hall–Kier alpha value is -2.61. The van der Waals surface area contributed by atoms with Crippen molar-refractivity contribution in [3.63, 3.8) is 0 Å². The molecule has 140 valence electrons. The number of aromatic nitrogens is 1. The molecule has 2 aromatic rings. The van der Waals surface area contributed by atoms with Gasteiger partial charge in [0.1, 0.15) is 6.54 Å². The van der Waals surface area contributed by atoms with Gasteiger partial charge in [-0.2, -0.15) is 0 Å². The van der Waals surface area contributed by atoms with Crippen LogP contribution in [0.25, 0.3) is 0 Å². The molecule has 26 heavy (non-hydrogen) atoms. The Morgan fingerprint density at radius 3 is 2.31 bits per heavy atom. The highest BCUT2D eigenvalue weighted by atomic mass is 32.2. The number of rotatable bonds is 7. The van der Waals surface area contributed by atoms with Crippen molar-refractivity contribution in [2.45, 2.75) is 25.7 Å². The van der Waals surface area contributed by atoms with Crippen molar-refractivity contribution in [2.24, 2.45) is 5.92 Å².